The number of carbonyl (C=O) groups excluding carboxylic acids is 3. The molecule has 5 heteroatoms. The molecule has 0 heterocycles. The van der Waals surface area contributed by atoms with Crippen molar-refractivity contribution in [3.63, 3.8) is 0 Å². The van der Waals surface area contributed by atoms with Crippen LogP contribution in [0.5, 0.6) is 0 Å². The summed E-state index contributed by atoms with van der Waals surface area (Å²) in [7, 11) is 0. The van der Waals surface area contributed by atoms with Crippen molar-refractivity contribution in [2.45, 2.75) is 38.5 Å². The highest BCUT2D eigenvalue weighted by Crippen LogP contribution is 2.26. The lowest BCUT2D eigenvalue weighted by atomic mass is 9.87. The third-order valence-electron chi connectivity index (χ3n) is 5.05. The number of carbonyl (C=O) groups is 3. The summed E-state index contributed by atoms with van der Waals surface area (Å²) in [6.45, 7) is -0.249. The summed E-state index contributed by atoms with van der Waals surface area (Å²) in [4.78, 5) is 36.3. The van der Waals surface area contributed by atoms with E-state index in [9.17, 15) is 14.4 Å². The molecule has 0 aromatic heterocycles. The van der Waals surface area contributed by atoms with E-state index < -0.39 is 0 Å². The molecule has 28 heavy (non-hydrogen) atoms. The number of benzene rings is 2. The van der Waals surface area contributed by atoms with Crippen LogP contribution in [0, 0.1) is 5.92 Å². The molecule has 0 spiro atoms. The van der Waals surface area contributed by atoms with Gasteiger partial charge in [-0.15, -0.1) is 0 Å². The minimum absolute atomic E-state index is 0.212. The van der Waals surface area contributed by atoms with E-state index in [4.69, 9.17) is 4.74 Å². The molecule has 1 aliphatic carbocycles. The minimum Gasteiger partial charge on any atom is -0.457 e. The molecular formula is C23H25NO4. The Balaban J connectivity index is 1.46. The summed E-state index contributed by atoms with van der Waals surface area (Å²) in [6, 6.07) is 15.5. The second-order valence-electron chi connectivity index (χ2n) is 7.19. The highest BCUT2D eigenvalue weighted by Gasteiger charge is 2.19. The van der Waals surface area contributed by atoms with E-state index in [-0.39, 0.29) is 24.3 Å². The van der Waals surface area contributed by atoms with Crippen LogP contribution in [0.3, 0.4) is 0 Å². The first-order valence-electron chi connectivity index (χ1n) is 9.77. The topological polar surface area (TPSA) is 72.5 Å². The molecule has 146 valence electrons. The van der Waals surface area contributed by atoms with Gasteiger partial charge in [0.15, 0.2) is 12.4 Å². The van der Waals surface area contributed by atoms with E-state index in [1.807, 2.05) is 6.07 Å². The third kappa shape index (κ3) is 5.78. The maximum atomic E-state index is 12.2. The van der Waals surface area contributed by atoms with E-state index in [2.05, 4.69) is 5.32 Å². The van der Waals surface area contributed by atoms with E-state index >= 15 is 0 Å². The number of anilines is 1. The second kappa shape index (κ2) is 9.83. The first-order chi connectivity index (χ1) is 13.6. The normalized spacial score (nSPS) is 14.3. The van der Waals surface area contributed by atoms with E-state index in [0.29, 0.717) is 29.2 Å². The number of amides is 1. The number of nitrogens with one attached hydrogen (secondary N) is 1. The zero-order valence-electron chi connectivity index (χ0n) is 15.9. The zero-order valence-corrected chi connectivity index (χ0v) is 15.9. The Labute approximate surface area is 165 Å². The predicted octanol–water partition coefficient (Wildman–Crippen LogP) is 4.64. The number of hydrogen-bond donors (Lipinski definition) is 1. The molecule has 0 unspecified atom stereocenters. The Morgan fingerprint density at radius 3 is 2.21 bits per heavy atom. The van der Waals surface area contributed by atoms with Crippen LogP contribution in [-0.4, -0.2) is 24.3 Å². The van der Waals surface area contributed by atoms with Gasteiger partial charge in [0.1, 0.15) is 0 Å². The molecule has 1 saturated carbocycles. The maximum Gasteiger partial charge on any atom is 0.306 e. The summed E-state index contributed by atoms with van der Waals surface area (Å²) in [5, 5.41) is 2.78. The fourth-order valence-electron chi connectivity index (χ4n) is 3.45. The van der Waals surface area contributed by atoms with Crippen molar-refractivity contribution in [2.24, 2.45) is 5.92 Å². The highest BCUT2D eigenvalue weighted by atomic mass is 16.5. The van der Waals surface area contributed by atoms with Crippen molar-refractivity contribution >= 4 is 23.3 Å². The molecule has 2 aromatic rings. The number of esters is 1. The lowest BCUT2D eigenvalue weighted by Gasteiger charge is -2.20. The molecule has 2 aromatic carbocycles. The first-order valence-corrected chi connectivity index (χ1v) is 9.77. The number of ketones is 1. The zero-order chi connectivity index (χ0) is 19.8. The Morgan fingerprint density at radius 1 is 0.857 bits per heavy atom. The molecule has 1 fully saturated rings. The van der Waals surface area contributed by atoms with Crippen LogP contribution in [0.15, 0.2) is 54.6 Å². The average Bonchev–Trinajstić information content (AvgIpc) is 2.74. The molecule has 0 bridgehead atoms. The van der Waals surface area contributed by atoms with Gasteiger partial charge in [-0.3, -0.25) is 14.4 Å². The van der Waals surface area contributed by atoms with Gasteiger partial charge in [-0.1, -0.05) is 37.5 Å². The Morgan fingerprint density at radius 2 is 1.54 bits per heavy atom. The molecule has 3 rings (SSSR count). The van der Waals surface area contributed by atoms with Crippen LogP contribution in [0.25, 0.3) is 0 Å². The maximum absolute atomic E-state index is 12.2. The van der Waals surface area contributed by atoms with Gasteiger partial charge in [0.25, 0.3) is 5.91 Å². The molecule has 1 N–H and O–H groups in total. The van der Waals surface area contributed by atoms with Crippen LogP contribution in [0.4, 0.5) is 5.69 Å². The van der Waals surface area contributed by atoms with Gasteiger partial charge < -0.3 is 10.1 Å². The van der Waals surface area contributed by atoms with Gasteiger partial charge in [0.2, 0.25) is 0 Å². The first kappa shape index (κ1) is 19.8. The molecule has 0 saturated heterocycles. The largest absolute Gasteiger partial charge is 0.457 e. The Kier molecular flexibility index (Phi) is 6.95. The highest BCUT2D eigenvalue weighted by molar-refractivity contribution is 6.04. The molecule has 1 amide bonds. The van der Waals surface area contributed by atoms with E-state index in [0.717, 1.165) is 12.8 Å². The summed E-state index contributed by atoms with van der Waals surface area (Å²) < 4.78 is 5.16. The van der Waals surface area contributed by atoms with Crippen molar-refractivity contribution in [1.29, 1.82) is 0 Å². The molecular weight excluding hydrogens is 354 g/mol. The SMILES string of the molecule is O=C(CC1CCCCC1)OCC(=O)c1ccc(NC(=O)c2ccccc2)cc1. The van der Waals surface area contributed by atoms with Crippen LogP contribution in [0.2, 0.25) is 0 Å². The summed E-state index contributed by atoms with van der Waals surface area (Å²) in [5.41, 5.74) is 1.61. The number of rotatable bonds is 7. The Hall–Kier alpha value is -2.95. The lowest BCUT2D eigenvalue weighted by Crippen LogP contribution is -2.18. The quantitative estimate of drug-likeness (QED) is 0.562. The van der Waals surface area contributed by atoms with Crippen LogP contribution in [-0.2, 0) is 9.53 Å². The number of hydrogen-bond acceptors (Lipinski definition) is 4. The fraction of sp³-hybridized carbons (Fsp3) is 0.348. The van der Waals surface area contributed by atoms with Crippen LogP contribution >= 0.6 is 0 Å². The minimum atomic E-state index is -0.299. The molecule has 5 nitrogen and oxygen atoms in total. The third-order valence-corrected chi connectivity index (χ3v) is 5.05. The standard InChI is InChI=1S/C23H25NO4/c25-21(16-28-22(26)15-17-7-3-1-4-8-17)18-11-13-20(14-12-18)24-23(27)19-9-5-2-6-10-19/h2,5-6,9-14,17H,1,3-4,7-8,15-16H2,(H,24,27). The Bertz CT molecular complexity index is 808. The number of ether oxygens (including phenoxy) is 1. The second-order valence-corrected chi connectivity index (χ2v) is 7.19. The molecule has 0 aliphatic heterocycles. The van der Waals surface area contributed by atoms with Crippen molar-refractivity contribution < 1.29 is 19.1 Å². The van der Waals surface area contributed by atoms with Crippen LogP contribution in [0.1, 0.15) is 59.2 Å². The van der Waals surface area contributed by atoms with Crippen molar-refractivity contribution in [2.75, 3.05) is 11.9 Å². The van der Waals surface area contributed by atoms with E-state index in [1.54, 1.807) is 48.5 Å². The van der Waals surface area contributed by atoms with Crippen molar-refractivity contribution in [3.8, 4) is 0 Å². The van der Waals surface area contributed by atoms with Gasteiger partial charge in [-0.25, -0.2) is 0 Å². The van der Waals surface area contributed by atoms with Gasteiger partial charge in [0.05, 0.1) is 0 Å². The van der Waals surface area contributed by atoms with Crippen molar-refractivity contribution in [3.05, 3.63) is 65.7 Å². The lowest BCUT2D eigenvalue weighted by molar-refractivity contribution is -0.143. The number of Topliss-reactive ketones (excluding diaryl/α,β-unsaturated/α-hetero) is 1. The van der Waals surface area contributed by atoms with Crippen molar-refractivity contribution in [1.82, 2.24) is 0 Å². The monoisotopic (exact) mass is 379 g/mol. The van der Waals surface area contributed by atoms with Crippen LogP contribution < -0.4 is 5.32 Å². The summed E-state index contributed by atoms with van der Waals surface area (Å²) in [5.74, 6) is -0.370. The van der Waals surface area contributed by atoms with Gasteiger partial charge >= 0.3 is 5.97 Å². The molecule has 0 radical (unpaired) electrons. The van der Waals surface area contributed by atoms with Gasteiger partial charge in [-0.05, 0) is 55.2 Å². The summed E-state index contributed by atoms with van der Waals surface area (Å²) in [6.07, 6.45) is 6.12. The smallest absolute Gasteiger partial charge is 0.306 e. The molecule has 1 aliphatic rings. The fourth-order valence-corrected chi connectivity index (χ4v) is 3.45. The summed E-state index contributed by atoms with van der Waals surface area (Å²) >= 11 is 0. The molecule has 0 atom stereocenters. The average molecular weight is 379 g/mol. The predicted molar refractivity (Wildman–Crippen MR) is 107 cm³/mol. The van der Waals surface area contributed by atoms with E-state index in [1.165, 1.54) is 19.3 Å². The van der Waals surface area contributed by atoms with Gasteiger partial charge in [0, 0.05) is 23.2 Å². The van der Waals surface area contributed by atoms with Gasteiger partial charge in [-0.2, -0.15) is 0 Å².